The minimum absolute atomic E-state index is 0.162. The first-order valence-corrected chi connectivity index (χ1v) is 9.42. The van der Waals surface area contributed by atoms with E-state index in [0.29, 0.717) is 12.3 Å². The minimum Gasteiger partial charge on any atom is -0.451 e. The Morgan fingerprint density at radius 1 is 1.20 bits per heavy atom. The highest BCUT2D eigenvalue weighted by atomic mass is 32.1. The normalized spacial score (nSPS) is 16.8. The number of thiophene rings is 1. The predicted octanol–water partition coefficient (Wildman–Crippen LogP) is 1.88. The summed E-state index contributed by atoms with van der Waals surface area (Å²) in [6.07, 6.45) is 0. The molecule has 0 spiro atoms. The number of carbonyl (C=O) groups is 1. The Kier molecular flexibility index (Phi) is 4.83. The van der Waals surface area contributed by atoms with Crippen LogP contribution in [0.5, 0.6) is 0 Å². The molecule has 25 heavy (non-hydrogen) atoms. The van der Waals surface area contributed by atoms with E-state index in [4.69, 9.17) is 9.15 Å². The molecule has 1 saturated heterocycles. The number of morpholine rings is 1. The van der Waals surface area contributed by atoms with Gasteiger partial charge < -0.3 is 19.4 Å². The highest BCUT2D eigenvalue weighted by molar-refractivity contribution is 7.10. The van der Waals surface area contributed by atoms with Crippen LogP contribution in [-0.2, 0) is 4.74 Å². The molecule has 1 atom stereocenters. The lowest BCUT2D eigenvalue weighted by Crippen LogP contribution is -3.15. The summed E-state index contributed by atoms with van der Waals surface area (Å²) in [7, 11) is 0. The lowest BCUT2D eigenvalue weighted by molar-refractivity contribution is -0.937. The van der Waals surface area contributed by atoms with Gasteiger partial charge in [0.1, 0.15) is 24.7 Å². The van der Waals surface area contributed by atoms with Crippen LogP contribution in [0.25, 0.3) is 11.0 Å². The van der Waals surface area contributed by atoms with E-state index < -0.39 is 0 Å². The van der Waals surface area contributed by atoms with E-state index in [1.165, 1.54) is 9.78 Å². The number of hydrogen-bond donors (Lipinski definition) is 2. The van der Waals surface area contributed by atoms with Crippen LogP contribution in [0.2, 0.25) is 0 Å². The summed E-state index contributed by atoms with van der Waals surface area (Å²) >= 11 is 1.74. The second kappa shape index (κ2) is 7.39. The monoisotopic (exact) mass is 357 g/mol. The van der Waals surface area contributed by atoms with Gasteiger partial charge in [-0.05, 0) is 23.6 Å². The summed E-state index contributed by atoms with van der Waals surface area (Å²) in [6.45, 7) is 4.06. The number of ether oxygens (including phenoxy) is 1. The van der Waals surface area contributed by atoms with Crippen molar-refractivity contribution in [3.05, 3.63) is 58.5 Å². The van der Waals surface area contributed by atoms with Gasteiger partial charge in [-0.15, -0.1) is 11.3 Å². The SMILES string of the molecule is O=C(NC[C@H](c1cccs1)[NH+]1CCOCC1)c1cc2ccccc2o1. The number of quaternary nitrogens is 1. The Labute approximate surface area is 150 Å². The van der Waals surface area contributed by atoms with Gasteiger partial charge in [0.05, 0.1) is 24.6 Å². The van der Waals surface area contributed by atoms with E-state index in [1.807, 2.05) is 24.3 Å². The highest BCUT2D eigenvalue weighted by Gasteiger charge is 2.28. The quantitative estimate of drug-likeness (QED) is 0.733. The molecule has 1 amide bonds. The highest BCUT2D eigenvalue weighted by Crippen LogP contribution is 2.19. The van der Waals surface area contributed by atoms with Crippen LogP contribution in [-0.4, -0.2) is 38.8 Å². The topological polar surface area (TPSA) is 55.9 Å². The molecule has 0 saturated carbocycles. The Morgan fingerprint density at radius 2 is 2.04 bits per heavy atom. The molecule has 2 aromatic heterocycles. The van der Waals surface area contributed by atoms with Gasteiger partial charge in [-0.2, -0.15) is 0 Å². The molecule has 5 nitrogen and oxygen atoms in total. The van der Waals surface area contributed by atoms with Crippen LogP contribution in [0.15, 0.2) is 52.3 Å². The maximum Gasteiger partial charge on any atom is 0.287 e. The van der Waals surface area contributed by atoms with Gasteiger partial charge in [0.2, 0.25) is 0 Å². The number of furan rings is 1. The maximum atomic E-state index is 12.5. The molecule has 3 aromatic rings. The molecule has 4 rings (SSSR count). The smallest absolute Gasteiger partial charge is 0.287 e. The van der Waals surface area contributed by atoms with Crippen molar-refractivity contribution in [1.29, 1.82) is 0 Å². The van der Waals surface area contributed by atoms with Gasteiger partial charge in [-0.3, -0.25) is 4.79 Å². The summed E-state index contributed by atoms with van der Waals surface area (Å²) < 4.78 is 11.1. The van der Waals surface area contributed by atoms with Crippen molar-refractivity contribution < 1.29 is 18.8 Å². The summed E-state index contributed by atoms with van der Waals surface area (Å²) in [5.74, 6) is 0.202. The average molecular weight is 357 g/mol. The van der Waals surface area contributed by atoms with E-state index in [9.17, 15) is 4.79 Å². The fourth-order valence-electron chi connectivity index (χ4n) is 3.29. The van der Waals surface area contributed by atoms with Crippen molar-refractivity contribution in [3.63, 3.8) is 0 Å². The first kappa shape index (κ1) is 16.3. The third kappa shape index (κ3) is 3.61. The van der Waals surface area contributed by atoms with Crippen LogP contribution >= 0.6 is 11.3 Å². The third-order valence-electron chi connectivity index (χ3n) is 4.63. The number of amides is 1. The first-order valence-electron chi connectivity index (χ1n) is 8.54. The number of carbonyl (C=O) groups excluding carboxylic acids is 1. The fourth-order valence-corrected chi connectivity index (χ4v) is 4.18. The predicted molar refractivity (Wildman–Crippen MR) is 97.1 cm³/mol. The Morgan fingerprint density at radius 3 is 2.80 bits per heavy atom. The lowest BCUT2D eigenvalue weighted by atomic mass is 10.2. The van der Waals surface area contributed by atoms with E-state index >= 15 is 0 Å². The molecule has 0 unspecified atom stereocenters. The van der Waals surface area contributed by atoms with Gasteiger partial charge >= 0.3 is 0 Å². The van der Waals surface area contributed by atoms with Crippen molar-refractivity contribution in [1.82, 2.24) is 5.32 Å². The van der Waals surface area contributed by atoms with Crippen LogP contribution in [0.4, 0.5) is 0 Å². The molecule has 0 aliphatic carbocycles. The van der Waals surface area contributed by atoms with E-state index in [-0.39, 0.29) is 11.9 Å². The number of fused-ring (bicyclic) bond motifs is 1. The standard InChI is InChI=1S/C19H20N2O3S/c22-19(17-12-14-4-1-2-5-16(14)24-17)20-13-15(18-6-3-11-25-18)21-7-9-23-10-8-21/h1-6,11-12,15H,7-10,13H2,(H,20,22)/p+1/t15-/m1/s1. The molecular weight excluding hydrogens is 336 g/mol. The lowest BCUT2D eigenvalue weighted by Gasteiger charge is -2.31. The summed E-state index contributed by atoms with van der Waals surface area (Å²) in [6, 6.07) is 13.9. The molecule has 130 valence electrons. The summed E-state index contributed by atoms with van der Waals surface area (Å²) in [5.41, 5.74) is 0.737. The van der Waals surface area contributed by atoms with Crippen molar-refractivity contribution >= 4 is 28.2 Å². The van der Waals surface area contributed by atoms with Crippen LogP contribution in [0.1, 0.15) is 21.5 Å². The zero-order valence-corrected chi connectivity index (χ0v) is 14.7. The number of para-hydroxylation sites is 1. The molecule has 1 fully saturated rings. The Balaban J connectivity index is 1.47. The molecule has 1 aromatic carbocycles. The molecule has 0 bridgehead atoms. The van der Waals surface area contributed by atoms with Gasteiger partial charge in [0.25, 0.3) is 5.91 Å². The van der Waals surface area contributed by atoms with Gasteiger partial charge in [-0.25, -0.2) is 0 Å². The molecular formula is C19H21N2O3S+. The van der Waals surface area contributed by atoms with E-state index in [1.54, 1.807) is 17.4 Å². The Hall–Kier alpha value is -2.15. The molecule has 1 aliphatic heterocycles. The second-order valence-corrected chi connectivity index (χ2v) is 7.18. The van der Waals surface area contributed by atoms with Crippen molar-refractivity contribution in [3.8, 4) is 0 Å². The first-order chi connectivity index (χ1) is 12.3. The number of rotatable bonds is 5. The van der Waals surface area contributed by atoms with Crippen molar-refractivity contribution in [2.45, 2.75) is 6.04 Å². The second-order valence-electron chi connectivity index (χ2n) is 6.20. The number of nitrogens with one attached hydrogen (secondary N) is 2. The molecule has 3 heterocycles. The largest absolute Gasteiger partial charge is 0.451 e. The number of hydrogen-bond acceptors (Lipinski definition) is 4. The minimum atomic E-state index is -0.162. The van der Waals surface area contributed by atoms with Gasteiger partial charge in [0, 0.05) is 5.39 Å². The maximum absolute atomic E-state index is 12.5. The zero-order valence-electron chi connectivity index (χ0n) is 13.9. The van der Waals surface area contributed by atoms with E-state index in [0.717, 1.165) is 37.3 Å². The average Bonchev–Trinajstić information content (AvgIpc) is 3.32. The Bertz CT molecular complexity index is 804. The fraction of sp³-hybridized carbons (Fsp3) is 0.316. The van der Waals surface area contributed by atoms with Crippen LogP contribution in [0.3, 0.4) is 0 Å². The molecule has 0 radical (unpaired) electrons. The van der Waals surface area contributed by atoms with Gasteiger partial charge in [0.15, 0.2) is 5.76 Å². The molecule has 2 N–H and O–H groups in total. The summed E-state index contributed by atoms with van der Waals surface area (Å²) in [5, 5.41) is 6.09. The zero-order chi connectivity index (χ0) is 17.1. The summed E-state index contributed by atoms with van der Waals surface area (Å²) in [4.78, 5) is 15.3. The van der Waals surface area contributed by atoms with Crippen LogP contribution in [0, 0.1) is 0 Å². The van der Waals surface area contributed by atoms with Gasteiger partial charge in [-0.1, -0.05) is 24.3 Å². The van der Waals surface area contributed by atoms with Crippen molar-refractivity contribution in [2.24, 2.45) is 0 Å². The third-order valence-corrected chi connectivity index (χ3v) is 5.62. The van der Waals surface area contributed by atoms with E-state index in [2.05, 4.69) is 22.8 Å². The number of benzene rings is 1. The van der Waals surface area contributed by atoms with Crippen molar-refractivity contribution in [2.75, 3.05) is 32.8 Å². The molecule has 1 aliphatic rings. The molecule has 6 heteroatoms. The van der Waals surface area contributed by atoms with Crippen LogP contribution < -0.4 is 10.2 Å².